The van der Waals surface area contributed by atoms with Crippen molar-refractivity contribution in [2.24, 2.45) is 0 Å². The minimum atomic E-state index is -0.105. The molecular weight excluding hydrogens is 238 g/mol. The van der Waals surface area contributed by atoms with Crippen LogP contribution in [0.5, 0.6) is 0 Å². The van der Waals surface area contributed by atoms with Gasteiger partial charge in [0, 0.05) is 31.2 Å². The van der Waals surface area contributed by atoms with E-state index in [1.807, 2.05) is 7.05 Å². The number of aliphatic hydroxyl groups is 1. The number of likely N-dealkylation sites (N-methyl/N-ethyl adjacent to an activating group) is 1. The summed E-state index contributed by atoms with van der Waals surface area (Å²) in [4.78, 5) is 5.31. The second-order valence-electron chi connectivity index (χ2n) is 6.56. The maximum absolute atomic E-state index is 9.39. The van der Waals surface area contributed by atoms with Gasteiger partial charge in [0.2, 0.25) is 0 Å². The first-order valence-electron chi connectivity index (χ1n) is 7.93. The zero-order valence-corrected chi connectivity index (χ0v) is 12.7. The predicted octanol–water partition coefficient (Wildman–Crippen LogP) is 0.907. The predicted molar refractivity (Wildman–Crippen MR) is 79.4 cm³/mol. The van der Waals surface area contributed by atoms with Gasteiger partial charge in [-0.3, -0.25) is 4.90 Å². The first-order chi connectivity index (χ1) is 9.17. The van der Waals surface area contributed by atoms with Crippen molar-refractivity contribution in [2.75, 3.05) is 46.4 Å². The zero-order chi connectivity index (χ0) is 13.7. The van der Waals surface area contributed by atoms with Crippen LogP contribution in [0, 0.1) is 0 Å². The van der Waals surface area contributed by atoms with Crippen LogP contribution < -0.4 is 5.32 Å². The smallest absolute Gasteiger partial charge is 0.0610 e. The van der Waals surface area contributed by atoms with Crippen LogP contribution in [0.15, 0.2) is 0 Å². The lowest BCUT2D eigenvalue weighted by Crippen LogP contribution is -2.55. The van der Waals surface area contributed by atoms with E-state index < -0.39 is 0 Å². The number of fused-ring (bicyclic) bond motifs is 1. The van der Waals surface area contributed by atoms with Crippen molar-refractivity contribution >= 4 is 0 Å². The Hall–Kier alpha value is -0.160. The normalized spacial score (nSPS) is 28.9. The minimum absolute atomic E-state index is 0.105. The standard InChI is InChI=1S/C15H31N3O/c1-15(13-19,16-2)7-5-8-17-10-11-18-9-4-3-6-14(18)12-17/h14,16,19H,3-13H2,1-2H3. The molecule has 0 spiro atoms. The van der Waals surface area contributed by atoms with Crippen molar-refractivity contribution in [1.82, 2.24) is 15.1 Å². The third kappa shape index (κ3) is 4.15. The lowest BCUT2D eigenvalue weighted by atomic mass is 9.96. The van der Waals surface area contributed by atoms with Gasteiger partial charge in [0.1, 0.15) is 0 Å². The molecule has 2 saturated heterocycles. The van der Waals surface area contributed by atoms with E-state index >= 15 is 0 Å². The van der Waals surface area contributed by atoms with Crippen LogP contribution >= 0.6 is 0 Å². The van der Waals surface area contributed by atoms with Gasteiger partial charge >= 0.3 is 0 Å². The summed E-state index contributed by atoms with van der Waals surface area (Å²) in [6.45, 7) is 8.57. The third-order valence-electron chi connectivity index (χ3n) is 5.08. The summed E-state index contributed by atoms with van der Waals surface area (Å²) in [7, 11) is 1.94. The highest BCUT2D eigenvalue weighted by Crippen LogP contribution is 2.21. The Morgan fingerprint density at radius 1 is 1.26 bits per heavy atom. The Bertz CT molecular complexity index is 268. The van der Waals surface area contributed by atoms with Crippen molar-refractivity contribution in [3.63, 3.8) is 0 Å². The molecule has 19 heavy (non-hydrogen) atoms. The van der Waals surface area contributed by atoms with Gasteiger partial charge in [-0.1, -0.05) is 6.42 Å². The highest BCUT2D eigenvalue weighted by Gasteiger charge is 2.29. The van der Waals surface area contributed by atoms with Gasteiger partial charge in [-0.25, -0.2) is 0 Å². The van der Waals surface area contributed by atoms with Gasteiger partial charge in [0.15, 0.2) is 0 Å². The van der Waals surface area contributed by atoms with Crippen LogP contribution in [-0.2, 0) is 0 Å². The van der Waals surface area contributed by atoms with Crippen LogP contribution in [0.25, 0.3) is 0 Å². The Balaban J connectivity index is 1.69. The second kappa shape index (κ2) is 7.02. The fourth-order valence-electron chi connectivity index (χ4n) is 3.40. The number of piperidine rings is 1. The molecular formula is C15H31N3O. The Labute approximate surface area is 118 Å². The highest BCUT2D eigenvalue weighted by molar-refractivity contribution is 4.86. The summed E-state index contributed by atoms with van der Waals surface area (Å²) in [5.41, 5.74) is -0.105. The molecule has 0 amide bonds. The van der Waals surface area contributed by atoms with Crippen molar-refractivity contribution in [1.29, 1.82) is 0 Å². The molecule has 2 atom stereocenters. The number of nitrogens with one attached hydrogen (secondary N) is 1. The summed E-state index contributed by atoms with van der Waals surface area (Å²) >= 11 is 0. The van der Waals surface area contributed by atoms with Gasteiger partial charge in [0.05, 0.1) is 6.61 Å². The van der Waals surface area contributed by atoms with Gasteiger partial charge < -0.3 is 15.3 Å². The first kappa shape index (κ1) is 15.2. The summed E-state index contributed by atoms with van der Waals surface area (Å²) < 4.78 is 0. The molecule has 2 aliphatic rings. The summed E-state index contributed by atoms with van der Waals surface area (Å²) in [6, 6.07) is 0.816. The molecule has 4 heteroatoms. The van der Waals surface area contributed by atoms with E-state index in [4.69, 9.17) is 0 Å². The molecule has 0 aliphatic carbocycles. The van der Waals surface area contributed by atoms with Crippen molar-refractivity contribution in [2.45, 2.75) is 50.6 Å². The van der Waals surface area contributed by atoms with E-state index in [0.29, 0.717) is 0 Å². The molecule has 112 valence electrons. The van der Waals surface area contributed by atoms with Gasteiger partial charge in [-0.2, -0.15) is 0 Å². The largest absolute Gasteiger partial charge is 0.394 e. The van der Waals surface area contributed by atoms with Crippen LogP contribution in [0.2, 0.25) is 0 Å². The fraction of sp³-hybridized carbons (Fsp3) is 1.00. The molecule has 0 aromatic carbocycles. The second-order valence-corrected chi connectivity index (χ2v) is 6.56. The van der Waals surface area contributed by atoms with Crippen LogP contribution in [0.1, 0.15) is 39.0 Å². The van der Waals surface area contributed by atoms with Gasteiger partial charge in [-0.15, -0.1) is 0 Å². The quantitative estimate of drug-likeness (QED) is 0.752. The Morgan fingerprint density at radius 3 is 2.84 bits per heavy atom. The molecule has 0 aromatic rings. The van der Waals surface area contributed by atoms with E-state index in [1.54, 1.807) is 0 Å². The number of rotatable bonds is 6. The number of aliphatic hydroxyl groups excluding tert-OH is 1. The van der Waals surface area contributed by atoms with E-state index in [9.17, 15) is 5.11 Å². The third-order valence-corrected chi connectivity index (χ3v) is 5.08. The summed E-state index contributed by atoms with van der Waals surface area (Å²) in [5, 5.41) is 12.6. The molecule has 0 radical (unpaired) electrons. The topological polar surface area (TPSA) is 38.7 Å². The number of piperazine rings is 1. The van der Waals surface area contributed by atoms with Crippen molar-refractivity contribution < 1.29 is 5.11 Å². The number of nitrogens with zero attached hydrogens (tertiary/aromatic N) is 2. The summed E-state index contributed by atoms with van der Waals surface area (Å²) in [5.74, 6) is 0. The van der Waals surface area contributed by atoms with Crippen LogP contribution in [-0.4, -0.2) is 72.9 Å². The maximum Gasteiger partial charge on any atom is 0.0610 e. The van der Waals surface area contributed by atoms with Gasteiger partial charge in [0.25, 0.3) is 0 Å². The lowest BCUT2D eigenvalue weighted by Gasteiger charge is -2.44. The van der Waals surface area contributed by atoms with Crippen molar-refractivity contribution in [3.05, 3.63) is 0 Å². The van der Waals surface area contributed by atoms with Crippen molar-refractivity contribution in [3.8, 4) is 0 Å². The molecule has 0 aromatic heterocycles. The fourth-order valence-corrected chi connectivity index (χ4v) is 3.40. The molecule has 2 heterocycles. The summed E-state index contributed by atoms with van der Waals surface area (Å²) in [6.07, 6.45) is 6.42. The zero-order valence-electron chi connectivity index (χ0n) is 12.7. The maximum atomic E-state index is 9.39. The van der Waals surface area contributed by atoms with Crippen LogP contribution in [0.3, 0.4) is 0 Å². The highest BCUT2D eigenvalue weighted by atomic mass is 16.3. The first-order valence-corrected chi connectivity index (χ1v) is 7.93. The molecule has 0 bridgehead atoms. The molecule has 2 fully saturated rings. The van der Waals surface area contributed by atoms with Crippen LogP contribution in [0.4, 0.5) is 0 Å². The Morgan fingerprint density at radius 2 is 2.11 bits per heavy atom. The molecule has 2 rings (SSSR count). The molecule has 2 aliphatic heterocycles. The van der Waals surface area contributed by atoms with E-state index in [2.05, 4.69) is 22.0 Å². The van der Waals surface area contributed by atoms with E-state index in [0.717, 1.165) is 12.5 Å². The van der Waals surface area contributed by atoms with E-state index in [-0.39, 0.29) is 12.1 Å². The molecule has 4 nitrogen and oxygen atoms in total. The monoisotopic (exact) mass is 269 g/mol. The SMILES string of the molecule is CNC(C)(CO)CCCN1CCN2CCCCC2C1. The number of hydrogen-bond acceptors (Lipinski definition) is 4. The van der Waals surface area contributed by atoms with Gasteiger partial charge in [-0.05, 0) is 52.7 Å². The number of hydrogen-bond donors (Lipinski definition) is 2. The average Bonchev–Trinajstić information content (AvgIpc) is 2.47. The molecule has 2 unspecified atom stereocenters. The molecule has 2 N–H and O–H groups in total. The molecule has 0 saturated carbocycles. The lowest BCUT2D eigenvalue weighted by molar-refractivity contribution is 0.0469. The Kier molecular flexibility index (Phi) is 5.63. The average molecular weight is 269 g/mol. The van der Waals surface area contributed by atoms with E-state index in [1.165, 1.54) is 58.4 Å². The minimum Gasteiger partial charge on any atom is -0.394 e.